The first-order valence-corrected chi connectivity index (χ1v) is 6.36. The largest absolute Gasteiger partial charge is 0.492 e. The lowest BCUT2D eigenvalue weighted by atomic mass is 10.1. The van der Waals surface area contributed by atoms with Gasteiger partial charge in [-0.15, -0.1) is 0 Å². The molecule has 0 atom stereocenters. The predicted molar refractivity (Wildman–Crippen MR) is 79.0 cm³/mol. The highest BCUT2D eigenvalue weighted by Crippen LogP contribution is 2.23. The molecule has 0 bridgehead atoms. The maximum Gasteiger partial charge on any atom is 0.256 e. The Bertz CT molecular complexity index is 626. The summed E-state index contributed by atoms with van der Waals surface area (Å²) in [5, 5.41) is 2.73. The fourth-order valence-electron chi connectivity index (χ4n) is 1.77. The summed E-state index contributed by atoms with van der Waals surface area (Å²) >= 11 is 0. The summed E-state index contributed by atoms with van der Waals surface area (Å²) in [7, 11) is 0. The molecular formula is C15H17N3O2. The zero-order valence-electron chi connectivity index (χ0n) is 11.5. The highest BCUT2D eigenvalue weighted by Gasteiger charge is 2.09. The van der Waals surface area contributed by atoms with E-state index in [9.17, 15) is 4.79 Å². The molecule has 0 fully saturated rings. The molecule has 0 spiro atoms. The van der Waals surface area contributed by atoms with Crippen LogP contribution in [0.5, 0.6) is 5.75 Å². The van der Waals surface area contributed by atoms with E-state index in [1.807, 2.05) is 19.9 Å². The summed E-state index contributed by atoms with van der Waals surface area (Å²) in [6.45, 7) is 4.35. The van der Waals surface area contributed by atoms with E-state index in [2.05, 4.69) is 10.3 Å². The Balaban J connectivity index is 2.15. The van der Waals surface area contributed by atoms with Crippen LogP contribution >= 0.6 is 0 Å². The molecule has 0 aliphatic carbocycles. The Morgan fingerprint density at radius 1 is 1.35 bits per heavy atom. The van der Waals surface area contributed by atoms with Crippen LogP contribution in [0.4, 0.5) is 11.5 Å². The van der Waals surface area contributed by atoms with Crippen LogP contribution in [0.1, 0.15) is 22.8 Å². The van der Waals surface area contributed by atoms with Crippen molar-refractivity contribution in [3.05, 3.63) is 47.7 Å². The highest BCUT2D eigenvalue weighted by atomic mass is 16.5. The SMILES string of the molecule is CCOc1ccc(C(=O)Nc2cc(C)ccn2)cc1N. The lowest BCUT2D eigenvalue weighted by Gasteiger charge is -2.09. The monoisotopic (exact) mass is 271 g/mol. The summed E-state index contributed by atoms with van der Waals surface area (Å²) < 4.78 is 5.34. The van der Waals surface area contributed by atoms with E-state index in [1.54, 1.807) is 30.5 Å². The number of pyridine rings is 1. The highest BCUT2D eigenvalue weighted by molar-refractivity contribution is 6.04. The molecule has 5 nitrogen and oxygen atoms in total. The molecule has 1 amide bonds. The van der Waals surface area contributed by atoms with Crippen molar-refractivity contribution in [1.29, 1.82) is 0 Å². The minimum Gasteiger partial charge on any atom is -0.492 e. The molecule has 2 rings (SSSR count). The van der Waals surface area contributed by atoms with E-state index in [-0.39, 0.29) is 5.91 Å². The van der Waals surface area contributed by atoms with Crippen LogP contribution in [0.25, 0.3) is 0 Å². The molecule has 0 radical (unpaired) electrons. The standard InChI is InChI=1S/C15H17N3O2/c1-3-20-13-5-4-11(9-12(13)16)15(19)18-14-8-10(2)6-7-17-14/h4-9H,3,16H2,1-2H3,(H,17,18,19). The first kappa shape index (κ1) is 13.9. The number of anilines is 2. The Kier molecular flexibility index (Phi) is 4.20. The van der Waals surface area contributed by atoms with Crippen molar-refractivity contribution in [3.63, 3.8) is 0 Å². The average molecular weight is 271 g/mol. The summed E-state index contributed by atoms with van der Waals surface area (Å²) in [6, 6.07) is 8.63. The van der Waals surface area contributed by atoms with Crippen molar-refractivity contribution in [2.24, 2.45) is 0 Å². The van der Waals surface area contributed by atoms with Gasteiger partial charge in [0, 0.05) is 11.8 Å². The number of hydrogen-bond acceptors (Lipinski definition) is 4. The smallest absolute Gasteiger partial charge is 0.256 e. The average Bonchev–Trinajstić information content (AvgIpc) is 2.41. The summed E-state index contributed by atoms with van der Waals surface area (Å²) in [6.07, 6.45) is 1.65. The Morgan fingerprint density at radius 3 is 2.80 bits per heavy atom. The van der Waals surface area contributed by atoms with E-state index in [0.717, 1.165) is 5.56 Å². The molecule has 3 N–H and O–H groups in total. The first-order valence-electron chi connectivity index (χ1n) is 6.36. The lowest BCUT2D eigenvalue weighted by Crippen LogP contribution is -2.13. The molecule has 0 saturated heterocycles. The van der Waals surface area contributed by atoms with Gasteiger partial charge in [-0.3, -0.25) is 4.79 Å². The summed E-state index contributed by atoms with van der Waals surface area (Å²) in [5.74, 6) is 0.845. The van der Waals surface area contributed by atoms with Crippen LogP contribution in [0, 0.1) is 6.92 Å². The maximum absolute atomic E-state index is 12.1. The van der Waals surface area contributed by atoms with E-state index in [0.29, 0.717) is 29.4 Å². The third kappa shape index (κ3) is 3.26. The van der Waals surface area contributed by atoms with E-state index >= 15 is 0 Å². The fourth-order valence-corrected chi connectivity index (χ4v) is 1.77. The van der Waals surface area contributed by atoms with Gasteiger partial charge in [-0.1, -0.05) is 0 Å². The Hall–Kier alpha value is -2.56. The number of nitrogens with two attached hydrogens (primary N) is 1. The second kappa shape index (κ2) is 6.06. The summed E-state index contributed by atoms with van der Waals surface area (Å²) in [5.41, 5.74) is 7.78. The van der Waals surface area contributed by atoms with E-state index in [1.165, 1.54) is 0 Å². The quantitative estimate of drug-likeness (QED) is 0.838. The Labute approximate surface area is 117 Å². The number of nitrogens with zero attached hydrogens (tertiary/aromatic N) is 1. The van der Waals surface area contributed by atoms with Gasteiger partial charge in [0.1, 0.15) is 11.6 Å². The molecule has 5 heteroatoms. The van der Waals surface area contributed by atoms with Crippen LogP contribution in [0.2, 0.25) is 0 Å². The predicted octanol–water partition coefficient (Wildman–Crippen LogP) is 2.62. The molecule has 0 aliphatic heterocycles. The van der Waals surface area contributed by atoms with Crippen molar-refractivity contribution in [3.8, 4) is 5.75 Å². The number of aryl methyl sites for hydroxylation is 1. The number of amides is 1. The topological polar surface area (TPSA) is 77.2 Å². The molecule has 2 aromatic rings. The van der Waals surface area contributed by atoms with Crippen molar-refractivity contribution in [1.82, 2.24) is 4.98 Å². The second-order valence-electron chi connectivity index (χ2n) is 4.36. The van der Waals surface area contributed by atoms with Gasteiger partial charge in [0.25, 0.3) is 5.91 Å². The van der Waals surface area contributed by atoms with Gasteiger partial charge in [0.05, 0.1) is 12.3 Å². The number of rotatable bonds is 4. The number of benzene rings is 1. The van der Waals surface area contributed by atoms with Gasteiger partial charge in [0.2, 0.25) is 0 Å². The summed E-state index contributed by atoms with van der Waals surface area (Å²) in [4.78, 5) is 16.2. The van der Waals surface area contributed by atoms with Crippen LogP contribution in [0.3, 0.4) is 0 Å². The number of carbonyl (C=O) groups is 1. The number of carbonyl (C=O) groups excluding carboxylic acids is 1. The van der Waals surface area contributed by atoms with Crippen LogP contribution in [0.15, 0.2) is 36.5 Å². The maximum atomic E-state index is 12.1. The van der Waals surface area contributed by atoms with Crippen molar-refractivity contribution >= 4 is 17.4 Å². The van der Waals surface area contributed by atoms with Gasteiger partial charge >= 0.3 is 0 Å². The van der Waals surface area contributed by atoms with Gasteiger partial charge in [-0.25, -0.2) is 4.98 Å². The third-order valence-electron chi connectivity index (χ3n) is 2.73. The molecule has 1 heterocycles. The molecule has 20 heavy (non-hydrogen) atoms. The van der Waals surface area contributed by atoms with Gasteiger partial charge < -0.3 is 15.8 Å². The molecule has 1 aromatic carbocycles. The van der Waals surface area contributed by atoms with Crippen LogP contribution < -0.4 is 15.8 Å². The minimum atomic E-state index is -0.252. The number of ether oxygens (including phenoxy) is 1. The molecular weight excluding hydrogens is 254 g/mol. The lowest BCUT2D eigenvalue weighted by molar-refractivity contribution is 0.102. The number of aromatic nitrogens is 1. The number of hydrogen-bond donors (Lipinski definition) is 2. The van der Waals surface area contributed by atoms with Gasteiger partial charge in [-0.05, 0) is 49.7 Å². The molecule has 1 aromatic heterocycles. The van der Waals surface area contributed by atoms with Crippen molar-refractivity contribution < 1.29 is 9.53 Å². The normalized spacial score (nSPS) is 10.1. The van der Waals surface area contributed by atoms with Gasteiger partial charge in [0.15, 0.2) is 0 Å². The molecule has 0 aliphatic rings. The zero-order chi connectivity index (χ0) is 14.5. The second-order valence-corrected chi connectivity index (χ2v) is 4.36. The third-order valence-corrected chi connectivity index (χ3v) is 2.73. The number of nitrogen functional groups attached to an aromatic ring is 1. The zero-order valence-corrected chi connectivity index (χ0v) is 11.5. The van der Waals surface area contributed by atoms with Crippen LogP contribution in [-0.2, 0) is 0 Å². The van der Waals surface area contributed by atoms with Crippen molar-refractivity contribution in [2.45, 2.75) is 13.8 Å². The first-order chi connectivity index (χ1) is 9.60. The molecule has 0 saturated carbocycles. The van der Waals surface area contributed by atoms with Gasteiger partial charge in [-0.2, -0.15) is 0 Å². The van der Waals surface area contributed by atoms with E-state index in [4.69, 9.17) is 10.5 Å². The minimum absolute atomic E-state index is 0.252. The Morgan fingerprint density at radius 2 is 2.15 bits per heavy atom. The fraction of sp³-hybridized carbons (Fsp3) is 0.200. The van der Waals surface area contributed by atoms with Crippen LogP contribution in [-0.4, -0.2) is 17.5 Å². The molecule has 0 unspecified atom stereocenters. The molecule has 104 valence electrons. The number of nitrogens with one attached hydrogen (secondary N) is 1. The van der Waals surface area contributed by atoms with Crippen molar-refractivity contribution in [2.75, 3.05) is 17.7 Å². The van der Waals surface area contributed by atoms with E-state index < -0.39 is 0 Å².